The van der Waals surface area contributed by atoms with Crippen LogP contribution in [0.5, 0.6) is 0 Å². The van der Waals surface area contributed by atoms with Crippen molar-refractivity contribution in [2.24, 2.45) is 0 Å². The monoisotopic (exact) mass is 817 g/mol. The zero-order chi connectivity index (χ0) is 42.7. The molecule has 3 heteroatoms. The molecule has 302 valence electrons. The number of benzene rings is 9. The van der Waals surface area contributed by atoms with Crippen LogP contribution in [0.25, 0.3) is 117 Å². The highest BCUT2D eigenvalue weighted by Crippen LogP contribution is 2.38. The number of hydrogen-bond acceptors (Lipinski definition) is 0. The molecule has 0 unspecified atom stereocenters. The summed E-state index contributed by atoms with van der Waals surface area (Å²) in [6, 6.07) is 77.5. The van der Waals surface area contributed by atoms with E-state index in [-0.39, 0.29) is 0 Å². The van der Waals surface area contributed by atoms with E-state index in [1.54, 1.807) is 0 Å². The minimum absolute atomic E-state index is 1.11. The molecule has 9 aromatic carbocycles. The maximum Gasteiger partial charge on any atom is 0.0541 e. The molecular formula is C61H43N3. The predicted octanol–water partition coefficient (Wildman–Crippen LogP) is 16.5. The van der Waals surface area contributed by atoms with E-state index in [1.807, 2.05) is 6.08 Å². The Hall–Kier alpha value is -8.40. The second-order valence-corrected chi connectivity index (χ2v) is 16.5. The average Bonchev–Trinajstić information content (AvgIpc) is 3.99. The summed E-state index contributed by atoms with van der Waals surface area (Å²) in [5.41, 5.74) is 18.6. The molecule has 0 aliphatic heterocycles. The average molecular weight is 818 g/mol. The minimum atomic E-state index is 1.11. The summed E-state index contributed by atoms with van der Waals surface area (Å²) < 4.78 is 7.10. The zero-order valence-corrected chi connectivity index (χ0v) is 35.5. The van der Waals surface area contributed by atoms with Crippen molar-refractivity contribution in [3.63, 3.8) is 0 Å². The summed E-state index contributed by atoms with van der Waals surface area (Å²) in [6.07, 6.45) is 6.25. The number of allylic oxidation sites excluding steroid dienone is 1. The third kappa shape index (κ3) is 5.97. The highest BCUT2D eigenvalue weighted by atomic mass is 15.0. The van der Waals surface area contributed by atoms with Crippen LogP contribution in [0.15, 0.2) is 225 Å². The van der Waals surface area contributed by atoms with Crippen molar-refractivity contribution in [1.82, 2.24) is 13.7 Å². The molecule has 0 saturated carbocycles. The maximum atomic E-state index is 4.18. The topological polar surface area (TPSA) is 14.8 Å². The first-order chi connectivity index (χ1) is 31.7. The van der Waals surface area contributed by atoms with E-state index < -0.39 is 0 Å². The van der Waals surface area contributed by atoms with Gasteiger partial charge in [-0.3, -0.25) is 0 Å². The van der Waals surface area contributed by atoms with Gasteiger partial charge in [0.2, 0.25) is 0 Å². The summed E-state index contributed by atoms with van der Waals surface area (Å²) in [7, 11) is 0. The fourth-order valence-corrected chi connectivity index (χ4v) is 10.0. The van der Waals surface area contributed by atoms with Gasteiger partial charge in [0.25, 0.3) is 0 Å². The summed E-state index contributed by atoms with van der Waals surface area (Å²) in [5, 5.41) is 6.25. The number of fused-ring (bicyclic) bond motifs is 7. The van der Waals surface area contributed by atoms with Gasteiger partial charge in [-0.15, -0.1) is 0 Å². The van der Waals surface area contributed by atoms with E-state index >= 15 is 0 Å². The molecule has 3 aromatic heterocycles. The zero-order valence-electron chi connectivity index (χ0n) is 35.5. The number of hydrogen-bond donors (Lipinski definition) is 0. The molecule has 3 heterocycles. The molecule has 0 radical (unpaired) electrons. The van der Waals surface area contributed by atoms with E-state index in [0.29, 0.717) is 0 Å². The molecule has 12 rings (SSSR count). The van der Waals surface area contributed by atoms with Crippen molar-refractivity contribution < 1.29 is 0 Å². The summed E-state index contributed by atoms with van der Waals surface area (Å²) in [5.74, 6) is 0. The summed E-state index contributed by atoms with van der Waals surface area (Å²) in [4.78, 5) is 0. The number of aromatic nitrogens is 3. The quantitative estimate of drug-likeness (QED) is 0.145. The van der Waals surface area contributed by atoms with Gasteiger partial charge in [0, 0.05) is 49.6 Å². The standard InChI is InChI=1S/C61H43N3/c1-3-15-56-50(4-2)51-16-5-10-21-57(51)62(56)47-32-26-41(27-33-47)44-38-45(42-28-34-48(35-29-42)63-58-22-11-6-17-52(58)53-18-7-12-23-59(53)63)40-46(39-44)43-30-36-49(37-31-43)64-60-24-13-8-19-54(60)55-20-9-14-25-61(55)64/h3-40H,2H2,1H3/b15-3-. The second-order valence-electron chi connectivity index (χ2n) is 16.5. The lowest BCUT2D eigenvalue weighted by Gasteiger charge is -2.15. The Morgan fingerprint density at radius 2 is 0.625 bits per heavy atom. The van der Waals surface area contributed by atoms with Crippen molar-refractivity contribution in [3.05, 3.63) is 236 Å². The lowest BCUT2D eigenvalue weighted by molar-refractivity contribution is 1.10. The highest BCUT2D eigenvalue weighted by molar-refractivity contribution is 6.10. The minimum Gasteiger partial charge on any atom is -0.309 e. The van der Waals surface area contributed by atoms with E-state index in [2.05, 4.69) is 252 Å². The van der Waals surface area contributed by atoms with Crippen LogP contribution in [-0.4, -0.2) is 13.7 Å². The van der Waals surface area contributed by atoms with Crippen LogP contribution in [0.4, 0.5) is 0 Å². The van der Waals surface area contributed by atoms with E-state index in [9.17, 15) is 0 Å². The Labute approximate surface area is 372 Å². The molecule has 12 aromatic rings. The van der Waals surface area contributed by atoms with E-state index in [1.165, 1.54) is 60.1 Å². The van der Waals surface area contributed by atoms with Gasteiger partial charge in [0.15, 0.2) is 0 Å². The molecular weight excluding hydrogens is 775 g/mol. The first-order valence-corrected chi connectivity index (χ1v) is 22.0. The summed E-state index contributed by atoms with van der Waals surface area (Å²) in [6.45, 7) is 6.25. The van der Waals surface area contributed by atoms with Crippen molar-refractivity contribution in [2.75, 3.05) is 0 Å². The fourth-order valence-electron chi connectivity index (χ4n) is 10.0. The fraction of sp³-hybridized carbons (Fsp3) is 0.0164. The second kappa shape index (κ2) is 15.2. The van der Waals surface area contributed by atoms with Crippen LogP contribution in [0.1, 0.15) is 18.2 Å². The van der Waals surface area contributed by atoms with E-state index in [4.69, 9.17) is 0 Å². The van der Waals surface area contributed by atoms with Crippen molar-refractivity contribution in [3.8, 4) is 50.4 Å². The van der Waals surface area contributed by atoms with Crippen LogP contribution in [0, 0.1) is 0 Å². The van der Waals surface area contributed by atoms with Crippen molar-refractivity contribution in [2.45, 2.75) is 6.92 Å². The first kappa shape index (κ1) is 37.4. The van der Waals surface area contributed by atoms with Crippen molar-refractivity contribution in [1.29, 1.82) is 0 Å². The molecule has 0 aliphatic carbocycles. The summed E-state index contributed by atoms with van der Waals surface area (Å²) >= 11 is 0. The largest absolute Gasteiger partial charge is 0.309 e. The predicted molar refractivity (Wildman–Crippen MR) is 273 cm³/mol. The van der Waals surface area contributed by atoms with Crippen LogP contribution < -0.4 is 0 Å². The smallest absolute Gasteiger partial charge is 0.0541 e. The Balaban J connectivity index is 0.979. The van der Waals surface area contributed by atoms with Gasteiger partial charge in [0.05, 0.1) is 33.3 Å². The number of rotatable bonds is 8. The Bertz CT molecular complexity index is 3490. The number of nitrogens with zero attached hydrogens (tertiary/aromatic N) is 3. The van der Waals surface area contributed by atoms with Gasteiger partial charge in [-0.2, -0.15) is 0 Å². The Morgan fingerprint density at radius 3 is 0.953 bits per heavy atom. The highest BCUT2D eigenvalue weighted by Gasteiger charge is 2.17. The van der Waals surface area contributed by atoms with Gasteiger partial charge in [-0.1, -0.05) is 146 Å². The molecule has 3 nitrogen and oxygen atoms in total. The maximum absolute atomic E-state index is 4.18. The van der Waals surface area contributed by atoms with Crippen LogP contribution in [-0.2, 0) is 0 Å². The normalized spacial score (nSPS) is 11.8. The van der Waals surface area contributed by atoms with Gasteiger partial charge in [0.1, 0.15) is 0 Å². The van der Waals surface area contributed by atoms with Crippen LogP contribution in [0.2, 0.25) is 0 Å². The lowest BCUT2D eigenvalue weighted by Crippen LogP contribution is -1.97. The molecule has 64 heavy (non-hydrogen) atoms. The van der Waals surface area contributed by atoms with Gasteiger partial charge < -0.3 is 13.7 Å². The third-order valence-electron chi connectivity index (χ3n) is 13.0. The molecule has 0 N–H and O–H groups in total. The molecule has 0 spiro atoms. The van der Waals surface area contributed by atoms with Crippen molar-refractivity contribution >= 4 is 66.7 Å². The Morgan fingerprint density at radius 1 is 0.328 bits per heavy atom. The van der Waals surface area contributed by atoms with E-state index in [0.717, 1.165) is 56.1 Å². The number of para-hydroxylation sites is 5. The van der Waals surface area contributed by atoms with Crippen LogP contribution in [0.3, 0.4) is 0 Å². The van der Waals surface area contributed by atoms with Crippen LogP contribution >= 0.6 is 0 Å². The van der Waals surface area contributed by atoms with Gasteiger partial charge in [-0.05, 0) is 131 Å². The van der Waals surface area contributed by atoms with Gasteiger partial charge >= 0.3 is 0 Å². The molecule has 0 fully saturated rings. The molecule has 0 saturated heterocycles. The molecule has 0 amide bonds. The molecule has 0 bridgehead atoms. The van der Waals surface area contributed by atoms with Gasteiger partial charge in [-0.25, -0.2) is 0 Å². The third-order valence-corrected chi connectivity index (χ3v) is 13.0. The SMILES string of the molecule is C=Cc1c(/C=C\C)n(-c2ccc(-c3cc(-c4ccc(-n5c6ccccc6c6ccccc65)cc4)cc(-c4ccc(-n5c6ccccc6c6ccccc65)cc4)c3)cc2)c2ccccc12. The first-order valence-electron chi connectivity index (χ1n) is 22.0. The molecule has 0 aliphatic rings. The Kier molecular flexibility index (Phi) is 8.87. The lowest BCUT2D eigenvalue weighted by atomic mass is 9.93. The molecule has 0 atom stereocenters.